The maximum Gasteiger partial charge on any atom is 0.226 e. The highest BCUT2D eigenvalue weighted by Gasteiger charge is 2.11. The molecule has 7 heteroatoms. The number of nitrogens with one attached hydrogen (secondary N) is 2. The molecule has 0 unspecified atom stereocenters. The van der Waals surface area contributed by atoms with Crippen LogP contribution in [0, 0.1) is 0 Å². The summed E-state index contributed by atoms with van der Waals surface area (Å²) in [5.41, 5.74) is 1.86. The van der Waals surface area contributed by atoms with E-state index in [0.29, 0.717) is 19.6 Å². The van der Waals surface area contributed by atoms with Crippen LogP contribution >= 0.6 is 11.3 Å². The van der Waals surface area contributed by atoms with E-state index in [9.17, 15) is 4.79 Å². The van der Waals surface area contributed by atoms with Gasteiger partial charge in [-0.05, 0) is 31.2 Å². The summed E-state index contributed by atoms with van der Waals surface area (Å²) in [6, 6.07) is 7.90. The molecule has 0 radical (unpaired) electrons. The van der Waals surface area contributed by atoms with Gasteiger partial charge in [-0.25, -0.2) is 4.98 Å². The van der Waals surface area contributed by atoms with E-state index in [1.165, 1.54) is 0 Å². The summed E-state index contributed by atoms with van der Waals surface area (Å²) in [5.74, 6) is 0.889. The Hall–Kier alpha value is -1.96. The lowest BCUT2D eigenvalue weighted by Gasteiger charge is -2.27. The highest BCUT2D eigenvalue weighted by atomic mass is 32.1. The Morgan fingerprint density at radius 2 is 2.08 bits per heavy atom. The zero-order valence-electron chi connectivity index (χ0n) is 15.2. The van der Waals surface area contributed by atoms with Gasteiger partial charge < -0.3 is 15.4 Å². The predicted octanol–water partition coefficient (Wildman–Crippen LogP) is 1.77. The third-order valence-electron chi connectivity index (χ3n) is 4.27. The third-order valence-corrected chi connectivity index (χ3v) is 5.21. The van der Waals surface area contributed by atoms with Crippen LogP contribution in [0.4, 0.5) is 0 Å². The number of rotatable bonds is 8. The summed E-state index contributed by atoms with van der Waals surface area (Å²) in [7, 11) is 0. The summed E-state index contributed by atoms with van der Waals surface area (Å²) in [6.45, 7) is 8.37. The smallest absolute Gasteiger partial charge is 0.226 e. The number of carbonyl (C=O) groups is 1. The topological polar surface area (TPSA) is 66.5 Å². The third kappa shape index (κ3) is 5.52. The summed E-state index contributed by atoms with van der Waals surface area (Å²) in [4.78, 5) is 19.1. The highest BCUT2D eigenvalue weighted by molar-refractivity contribution is 7.13. The van der Waals surface area contributed by atoms with Crippen LogP contribution in [0.2, 0.25) is 0 Å². The molecule has 3 rings (SSSR count). The lowest BCUT2D eigenvalue weighted by atomic mass is 10.2. The van der Waals surface area contributed by atoms with Gasteiger partial charge in [0.25, 0.3) is 0 Å². The number of thiazole rings is 1. The molecule has 0 spiro atoms. The van der Waals surface area contributed by atoms with Gasteiger partial charge in [-0.3, -0.25) is 9.69 Å². The van der Waals surface area contributed by atoms with Crippen LogP contribution in [0.25, 0.3) is 10.6 Å². The summed E-state index contributed by atoms with van der Waals surface area (Å²) in [6.07, 6.45) is 0.328. The average Bonchev–Trinajstić information content (AvgIpc) is 3.12. The van der Waals surface area contributed by atoms with Crippen LogP contribution in [0.3, 0.4) is 0 Å². The molecule has 1 aromatic carbocycles. The van der Waals surface area contributed by atoms with Crippen LogP contribution in [-0.4, -0.2) is 61.7 Å². The molecule has 6 nitrogen and oxygen atoms in total. The number of carbonyl (C=O) groups excluding carboxylic acids is 1. The molecule has 1 saturated heterocycles. The van der Waals surface area contributed by atoms with Crippen molar-refractivity contribution in [3.05, 3.63) is 35.3 Å². The Kier molecular flexibility index (Phi) is 6.99. The predicted molar refractivity (Wildman–Crippen MR) is 105 cm³/mol. The van der Waals surface area contributed by atoms with Crippen LogP contribution in [0.5, 0.6) is 5.75 Å². The van der Waals surface area contributed by atoms with Crippen molar-refractivity contribution in [1.29, 1.82) is 0 Å². The van der Waals surface area contributed by atoms with Gasteiger partial charge in [-0.15, -0.1) is 11.3 Å². The molecule has 1 amide bonds. The standard InChI is InChI=1S/C19H26N4O2S/c1-2-25-17-5-3-15(4-6-17)19-22-16(14-26-19)13-18(24)21-9-12-23-10-7-20-8-11-23/h3-6,14,20H,2,7-13H2,1H3,(H,21,24). The lowest BCUT2D eigenvalue weighted by Crippen LogP contribution is -2.46. The minimum atomic E-state index is 0.0312. The molecule has 2 N–H and O–H groups in total. The van der Waals surface area contributed by atoms with Crippen molar-refractivity contribution in [3.8, 4) is 16.3 Å². The molecule has 0 bridgehead atoms. The van der Waals surface area contributed by atoms with E-state index >= 15 is 0 Å². The Balaban J connectivity index is 1.45. The monoisotopic (exact) mass is 374 g/mol. The zero-order chi connectivity index (χ0) is 18.2. The van der Waals surface area contributed by atoms with Gasteiger partial charge in [0, 0.05) is 50.2 Å². The molecule has 0 saturated carbocycles. The first-order valence-corrected chi connectivity index (χ1v) is 10.00. The number of benzene rings is 1. The van der Waals surface area contributed by atoms with E-state index in [2.05, 4.69) is 20.5 Å². The fraction of sp³-hybridized carbons (Fsp3) is 0.474. The number of ether oxygens (including phenoxy) is 1. The van der Waals surface area contributed by atoms with E-state index in [0.717, 1.165) is 54.7 Å². The summed E-state index contributed by atoms with van der Waals surface area (Å²) < 4.78 is 5.46. The van der Waals surface area contributed by atoms with Crippen LogP contribution in [0.15, 0.2) is 29.6 Å². The van der Waals surface area contributed by atoms with Crippen LogP contribution < -0.4 is 15.4 Å². The second-order valence-corrected chi connectivity index (χ2v) is 7.08. The molecule has 1 aliphatic rings. The highest BCUT2D eigenvalue weighted by Crippen LogP contribution is 2.25. The molecular formula is C19H26N4O2S. The maximum atomic E-state index is 12.1. The van der Waals surface area contributed by atoms with Gasteiger partial charge in [-0.1, -0.05) is 0 Å². The number of hydrogen-bond acceptors (Lipinski definition) is 6. The van der Waals surface area contributed by atoms with Crippen molar-refractivity contribution < 1.29 is 9.53 Å². The zero-order valence-corrected chi connectivity index (χ0v) is 16.0. The molecule has 2 aromatic rings. The maximum absolute atomic E-state index is 12.1. The van der Waals surface area contributed by atoms with Gasteiger partial charge in [-0.2, -0.15) is 0 Å². The van der Waals surface area contributed by atoms with Gasteiger partial charge in [0.05, 0.1) is 18.7 Å². The number of piperazine rings is 1. The quantitative estimate of drug-likeness (QED) is 0.737. The molecular weight excluding hydrogens is 348 g/mol. The molecule has 0 atom stereocenters. The van der Waals surface area contributed by atoms with Crippen molar-refractivity contribution >= 4 is 17.2 Å². The molecule has 0 aliphatic carbocycles. The first-order valence-electron chi connectivity index (χ1n) is 9.12. The van der Waals surface area contributed by atoms with Gasteiger partial charge in [0.2, 0.25) is 5.91 Å². The van der Waals surface area contributed by atoms with Crippen molar-refractivity contribution in [2.24, 2.45) is 0 Å². The fourth-order valence-electron chi connectivity index (χ4n) is 2.90. The molecule has 1 aromatic heterocycles. The first kappa shape index (κ1) is 18.8. The van der Waals surface area contributed by atoms with E-state index in [4.69, 9.17) is 4.74 Å². The van der Waals surface area contributed by atoms with Crippen LogP contribution in [-0.2, 0) is 11.2 Å². The Bertz CT molecular complexity index is 696. The molecule has 1 aliphatic heterocycles. The molecule has 140 valence electrons. The van der Waals surface area contributed by atoms with Gasteiger partial charge >= 0.3 is 0 Å². The summed E-state index contributed by atoms with van der Waals surface area (Å²) >= 11 is 1.56. The van der Waals surface area contributed by atoms with Crippen molar-refractivity contribution in [2.75, 3.05) is 45.9 Å². The van der Waals surface area contributed by atoms with Crippen LogP contribution in [0.1, 0.15) is 12.6 Å². The number of nitrogens with zero attached hydrogens (tertiary/aromatic N) is 2. The second kappa shape index (κ2) is 9.66. The lowest BCUT2D eigenvalue weighted by molar-refractivity contribution is -0.120. The molecule has 26 heavy (non-hydrogen) atoms. The van der Waals surface area contributed by atoms with Gasteiger partial charge in [0.15, 0.2) is 0 Å². The van der Waals surface area contributed by atoms with E-state index < -0.39 is 0 Å². The van der Waals surface area contributed by atoms with E-state index in [-0.39, 0.29) is 5.91 Å². The number of amides is 1. The number of hydrogen-bond donors (Lipinski definition) is 2. The normalized spacial score (nSPS) is 15.0. The van der Waals surface area contributed by atoms with Gasteiger partial charge in [0.1, 0.15) is 10.8 Å². The minimum absolute atomic E-state index is 0.0312. The fourth-order valence-corrected chi connectivity index (χ4v) is 3.72. The summed E-state index contributed by atoms with van der Waals surface area (Å²) in [5, 5.41) is 9.21. The van der Waals surface area contributed by atoms with Crippen molar-refractivity contribution in [2.45, 2.75) is 13.3 Å². The van der Waals surface area contributed by atoms with Crippen molar-refractivity contribution in [3.63, 3.8) is 0 Å². The second-order valence-electron chi connectivity index (χ2n) is 6.22. The Morgan fingerprint density at radius 1 is 1.31 bits per heavy atom. The van der Waals surface area contributed by atoms with E-state index in [1.54, 1.807) is 11.3 Å². The Labute approximate surface area is 158 Å². The Morgan fingerprint density at radius 3 is 2.81 bits per heavy atom. The molecule has 2 heterocycles. The average molecular weight is 375 g/mol. The van der Waals surface area contributed by atoms with E-state index in [1.807, 2.05) is 36.6 Å². The van der Waals surface area contributed by atoms with Crippen molar-refractivity contribution in [1.82, 2.24) is 20.5 Å². The molecule has 1 fully saturated rings. The minimum Gasteiger partial charge on any atom is -0.494 e. The largest absolute Gasteiger partial charge is 0.494 e. The first-order chi connectivity index (χ1) is 12.7. The SMILES string of the molecule is CCOc1ccc(-c2nc(CC(=O)NCCN3CCNCC3)cs2)cc1. The number of aromatic nitrogens is 1.